The highest BCUT2D eigenvalue weighted by Gasteiger charge is 2.45. The Hall–Kier alpha value is -6.70. The number of benzene rings is 3. The molecule has 6 rings (SSSR count). The fourth-order valence-corrected chi connectivity index (χ4v) is 10.1. The summed E-state index contributed by atoms with van der Waals surface area (Å²) in [7, 11) is 1.71. The van der Waals surface area contributed by atoms with E-state index in [2.05, 4.69) is 31.6 Å². The number of carbonyl (C=O) groups excluding carboxylic acids is 6. The molecule has 2 aliphatic rings. The lowest BCUT2D eigenvalue weighted by Crippen LogP contribution is -2.53. The molecular weight excluding hydrogens is 1030 g/mol. The van der Waals surface area contributed by atoms with Gasteiger partial charge in [0.15, 0.2) is 17.4 Å². The van der Waals surface area contributed by atoms with E-state index < -0.39 is 52.6 Å². The number of aromatic nitrogens is 1. The quantitative estimate of drug-likeness (QED) is 0.0274. The van der Waals surface area contributed by atoms with Gasteiger partial charge in [-0.2, -0.15) is 0 Å². The van der Waals surface area contributed by atoms with Crippen molar-refractivity contribution in [2.45, 2.75) is 130 Å². The van der Waals surface area contributed by atoms with Gasteiger partial charge < -0.3 is 51.8 Å². The van der Waals surface area contributed by atoms with Crippen LogP contribution in [0.5, 0.6) is 5.75 Å². The van der Waals surface area contributed by atoms with Crippen molar-refractivity contribution < 1.29 is 42.3 Å². The minimum atomic E-state index is -1.15. The Morgan fingerprint density at radius 3 is 2.18 bits per heavy atom. The summed E-state index contributed by atoms with van der Waals surface area (Å²) in [5, 5.41) is 15.2. The number of pyridine rings is 1. The number of hydrogen-bond acceptors (Lipinski definition) is 11. The zero-order valence-corrected chi connectivity index (χ0v) is 47.4. The van der Waals surface area contributed by atoms with Gasteiger partial charge in [0.25, 0.3) is 11.8 Å². The molecule has 0 aliphatic carbocycles. The number of unbranched alkanes of at least 4 members (excludes halogenated alkanes) is 5. The Labute approximate surface area is 468 Å². The first-order valence-corrected chi connectivity index (χ1v) is 28.0. The molecule has 3 heterocycles. The number of rotatable bonds is 25. The summed E-state index contributed by atoms with van der Waals surface area (Å²) in [6.07, 6.45) is 7.36. The molecule has 17 nitrogen and oxygen atoms in total. The molecule has 1 aromatic heterocycles. The van der Waals surface area contributed by atoms with Gasteiger partial charge in [-0.05, 0) is 107 Å². The smallest absolute Gasteiger partial charge is 0.257 e. The van der Waals surface area contributed by atoms with Crippen molar-refractivity contribution in [2.75, 3.05) is 63.9 Å². The first-order chi connectivity index (χ1) is 37.7. The molecular formula is C59H79ClF2N10O7. The van der Waals surface area contributed by atoms with Crippen LogP contribution in [0.3, 0.4) is 0 Å². The average Bonchev–Trinajstić information content (AvgIpc) is 3.94. The number of nitrogens with two attached hydrogens (primary N) is 1. The highest BCUT2D eigenvalue weighted by molar-refractivity contribution is 6.30. The number of anilines is 2. The third-order valence-corrected chi connectivity index (χ3v) is 15.2. The van der Waals surface area contributed by atoms with Gasteiger partial charge >= 0.3 is 0 Å². The van der Waals surface area contributed by atoms with E-state index in [0.29, 0.717) is 63.2 Å². The molecule has 0 radical (unpaired) electrons. The number of nitrogens with zero attached hydrogens (tertiary/aromatic N) is 4. The Bertz CT molecular complexity index is 2720. The maximum Gasteiger partial charge on any atom is 0.257 e. The summed E-state index contributed by atoms with van der Waals surface area (Å²) in [5.74, 6) is -3.71. The molecule has 3 aromatic carbocycles. The van der Waals surface area contributed by atoms with Crippen LogP contribution < -0.4 is 37.1 Å². The third-order valence-electron chi connectivity index (χ3n) is 15.0. The van der Waals surface area contributed by atoms with Gasteiger partial charge in [0.1, 0.15) is 18.0 Å². The summed E-state index contributed by atoms with van der Waals surface area (Å²) in [5.41, 5.74) is 6.99. The Kier molecular flexibility index (Phi) is 22.6. The first kappa shape index (κ1) is 61.5. The second-order valence-corrected chi connectivity index (χ2v) is 22.1. The summed E-state index contributed by atoms with van der Waals surface area (Å²) in [4.78, 5) is 90.3. The molecule has 79 heavy (non-hydrogen) atoms. The second kappa shape index (κ2) is 29.0. The van der Waals surface area contributed by atoms with Crippen LogP contribution in [0.25, 0.3) is 0 Å². The minimum Gasteiger partial charge on any atom is -0.482 e. The van der Waals surface area contributed by atoms with Crippen LogP contribution in [0, 0.1) is 23.0 Å². The largest absolute Gasteiger partial charge is 0.482 e. The molecule has 0 spiro atoms. The van der Waals surface area contributed by atoms with Gasteiger partial charge in [-0.25, -0.2) is 13.8 Å². The zero-order valence-electron chi connectivity index (χ0n) is 46.6. The van der Waals surface area contributed by atoms with Gasteiger partial charge in [-0.15, -0.1) is 0 Å². The summed E-state index contributed by atoms with van der Waals surface area (Å²) >= 11 is 5.84. The van der Waals surface area contributed by atoms with Gasteiger partial charge in [-0.3, -0.25) is 28.8 Å². The number of nitrogen functional groups attached to an aromatic ring is 1. The van der Waals surface area contributed by atoms with Crippen molar-refractivity contribution in [2.24, 2.45) is 11.3 Å². The highest BCUT2D eigenvalue weighted by atomic mass is 35.5. The number of carbonyl (C=O) groups is 6. The van der Waals surface area contributed by atoms with Crippen molar-refractivity contribution >= 4 is 58.5 Å². The molecule has 6 atom stereocenters. The van der Waals surface area contributed by atoms with E-state index in [0.717, 1.165) is 62.8 Å². The molecule has 1 unspecified atom stereocenters. The van der Waals surface area contributed by atoms with Gasteiger partial charge in [-0.1, -0.05) is 95.3 Å². The van der Waals surface area contributed by atoms with E-state index in [9.17, 15) is 37.5 Å². The van der Waals surface area contributed by atoms with Gasteiger partial charge in [0, 0.05) is 69.2 Å². The van der Waals surface area contributed by atoms with Gasteiger partial charge in [0.2, 0.25) is 23.6 Å². The number of likely N-dealkylation sites (N-methyl/N-ethyl adjacent to an activating group) is 1. The van der Waals surface area contributed by atoms with Crippen LogP contribution >= 0.6 is 11.6 Å². The number of likely N-dealkylation sites (tertiary alicyclic amines) is 1. The van der Waals surface area contributed by atoms with E-state index in [1.54, 1.807) is 48.0 Å². The van der Waals surface area contributed by atoms with Crippen molar-refractivity contribution in [1.29, 1.82) is 0 Å². The Balaban J connectivity index is 0.888. The Morgan fingerprint density at radius 2 is 1.52 bits per heavy atom. The van der Waals surface area contributed by atoms with Crippen molar-refractivity contribution in [3.05, 3.63) is 118 Å². The molecule has 2 fully saturated rings. The number of nitrogens with one attached hydrogen (secondary N) is 5. The number of hydrogen-bond donors (Lipinski definition) is 6. The lowest BCUT2D eigenvalue weighted by molar-refractivity contribution is -0.144. The monoisotopic (exact) mass is 1110 g/mol. The van der Waals surface area contributed by atoms with E-state index in [-0.39, 0.29) is 70.3 Å². The van der Waals surface area contributed by atoms with Crippen molar-refractivity contribution in [1.82, 2.24) is 41.0 Å². The lowest BCUT2D eigenvalue weighted by atomic mass is 9.79. The van der Waals surface area contributed by atoms with Crippen molar-refractivity contribution in [3.8, 4) is 5.75 Å². The molecule has 20 heteroatoms. The van der Waals surface area contributed by atoms with E-state index in [4.69, 9.17) is 22.1 Å². The molecule has 0 saturated carbocycles. The standard InChI is InChI=1S/C59H79ClF2N10O7/c1-8-47(39-18-14-13-15-19-39)69-56(76)48-33-43(36-72(48)58(78)44(59(4,5)6)35-67-54(74)37(2)64-7)65-27-17-12-10-9-11-16-20-50(73)70-28-30-71(31-29-70)57(77)40-21-23-42(24-22-40)68-55(75)41-32-49(53(63)66-34-41)79-38(3)51-46(61)26-25-45(60)52(51)62/h13-15,18-19,21-26,32,34,37-38,43-44,47-48,64-65H,8-12,16-17,20,27-31,33,35-36H2,1-7H3,(H2,63,66)(H,67,74)(H,68,75)(H,69,76)/t37-,38-,43-,44?,47+,48-/m1/s1. The predicted molar refractivity (Wildman–Crippen MR) is 302 cm³/mol. The van der Waals surface area contributed by atoms with Crippen LogP contribution in [0.15, 0.2) is 79.0 Å². The van der Waals surface area contributed by atoms with Crippen LogP contribution in [0.4, 0.5) is 20.3 Å². The number of halogens is 3. The fraction of sp³-hybridized carbons (Fsp3) is 0.508. The number of piperazine rings is 1. The first-order valence-electron chi connectivity index (χ1n) is 27.6. The van der Waals surface area contributed by atoms with Crippen LogP contribution in [0.2, 0.25) is 5.02 Å². The predicted octanol–water partition coefficient (Wildman–Crippen LogP) is 8.22. The molecule has 0 bridgehead atoms. The zero-order chi connectivity index (χ0) is 57.4. The number of amides is 6. The third kappa shape index (κ3) is 16.9. The SMILES string of the molecule is CC[C@H](NC(=O)[C@H]1C[C@@H](NCCCCCCCCC(=O)N2CCN(C(=O)c3ccc(NC(=O)c4cnc(N)c(O[C@H](C)c5c(F)ccc(Cl)c5F)c4)cc3)CC2)CN1C(=O)C(CNC(=O)[C@@H](C)NC)C(C)(C)C)c1ccccc1. The molecule has 428 valence electrons. The fourth-order valence-electron chi connectivity index (χ4n) is 9.95. The van der Waals surface area contributed by atoms with Gasteiger partial charge in [0.05, 0.1) is 34.2 Å². The van der Waals surface area contributed by atoms with Crippen molar-refractivity contribution in [3.63, 3.8) is 0 Å². The normalized spacial score (nSPS) is 17.1. The van der Waals surface area contributed by atoms with E-state index in [1.807, 2.05) is 62.9 Å². The molecule has 2 aliphatic heterocycles. The molecule has 2 saturated heterocycles. The summed E-state index contributed by atoms with van der Waals surface area (Å²) in [6, 6.07) is 18.4. The molecule has 6 amide bonds. The average molecular weight is 1110 g/mol. The summed E-state index contributed by atoms with van der Waals surface area (Å²) in [6.45, 7) is 14.1. The Morgan fingerprint density at radius 1 is 0.861 bits per heavy atom. The lowest BCUT2D eigenvalue weighted by Gasteiger charge is -2.35. The maximum absolute atomic E-state index is 14.6. The number of ether oxygens (including phenoxy) is 1. The topological polar surface area (TPSA) is 220 Å². The highest BCUT2D eigenvalue weighted by Crippen LogP contribution is 2.34. The van der Waals surface area contributed by atoms with Crippen LogP contribution in [-0.2, 0) is 19.2 Å². The molecule has 4 aromatic rings. The second-order valence-electron chi connectivity index (χ2n) is 21.6. The van der Waals surface area contributed by atoms with Crippen LogP contribution in [0.1, 0.15) is 143 Å². The summed E-state index contributed by atoms with van der Waals surface area (Å²) < 4.78 is 34.8. The van der Waals surface area contributed by atoms with E-state index >= 15 is 0 Å². The van der Waals surface area contributed by atoms with E-state index in [1.165, 1.54) is 19.2 Å². The molecule has 7 N–H and O–H groups in total. The van der Waals surface area contributed by atoms with Crippen LogP contribution in [-0.4, -0.2) is 126 Å². The maximum atomic E-state index is 14.6. The minimum absolute atomic E-state index is 0.0591.